The van der Waals surface area contributed by atoms with Gasteiger partial charge in [-0.15, -0.1) is 0 Å². The number of nitrogens with two attached hydrogens (primary N) is 1. The van der Waals surface area contributed by atoms with E-state index in [1.165, 1.54) is 30.8 Å². The molecule has 2 atom stereocenters. The Balaban J connectivity index is 1.87. The summed E-state index contributed by atoms with van der Waals surface area (Å²) >= 11 is 3.32. The third-order valence-corrected chi connectivity index (χ3v) is 4.32. The molecule has 1 aliphatic rings. The fourth-order valence-electron chi connectivity index (χ4n) is 1.65. The fraction of sp³-hybridized carbons (Fsp3) is 0.750. The van der Waals surface area contributed by atoms with Crippen LogP contribution in [0, 0.1) is 0 Å². The highest BCUT2D eigenvalue weighted by molar-refractivity contribution is 8.01. The Morgan fingerprint density at radius 2 is 2.46 bits per heavy atom. The van der Waals surface area contributed by atoms with Crippen molar-refractivity contribution in [1.29, 1.82) is 0 Å². The topological polar surface area (TPSA) is 51.8 Å². The quantitative estimate of drug-likeness (QED) is 0.818. The molecule has 0 amide bonds. The van der Waals surface area contributed by atoms with Gasteiger partial charge < -0.3 is 5.73 Å². The van der Waals surface area contributed by atoms with Crippen molar-refractivity contribution in [3.05, 3.63) is 6.33 Å². The van der Waals surface area contributed by atoms with Crippen LogP contribution in [0.15, 0.2) is 10.7 Å². The van der Waals surface area contributed by atoms with Crippen LogP contribution in [0.25, 0.3) is 0 Å². The highest BCUT2D eigenvalue weighted by atomic mass is 32.2. The Labute approximate surface area is 86.3 Å². The Kier molecular flexibility index (Phi) is 3.18. The Bertz CT molecular complexity index is 250. The first-order chi connectivity index (χ1) is 6.34. The van der Waals surface area contributed by atoms with Gasteiger partial charge in [-0.2, -0.15) is 4.37 Å². The summed E-state index contributed by atoms with van der Waals surface area (Å²) < 4.78 is 5.07. The van der Waals surface area contributed by atoms with Crippen molar-refractivity contribution >= 4 is 23.3 Å². The van der Waals surface area contributed by atoms with E-state index >= 15 is 0 Å². The molecule has 1 heterocycles. The van der Waals surface area contributed by atoms with E-state index in [2.05, 4.69) is 9.36 Å². The van der Waals surface area contributed by atoms with E-state index in [0.29, 0.717) is 11.3 Å². The SMILES string of the molecule is NC1CCCC(Sc2ncns2)C1. The zero-order valence-electron chi connectivity index (χ0n) is 7.35. The molecule has 13 heavy (non-hydrogen) atoms. The normalized spacial score (nSPS) is 29.0. The van der Waals surface area contributed by atoms with Crippen LogP contribution in [-0.4, -0.2) is 20.6 Å². The summed E-state index contributed by atoms with van der Waals surface area (Å²) in [5.41, 5.74) is 5.91. The molecule has 0 radical (unpaired) electrons. The second kappa shape index (κ2) is 4.39. The standard InChI is InChI=1S/C8H13N3S2/c9-6-2-1-3-7(4-6)12-8-10-5-11-13-8/h5-7H,1-4,9H2. The molecule has 1 aromatic heterocycles. The monoisotopic (exact) mass is 215 g/mol. The highest BCUT2D eigenvalue weighted by Crippen LogP contribution is 2.33. The first-order valence-corrected chi connectivity index (χ1v) is 6.19. The second-order valence-electron chi connectivity index (χ2n) is 3.37. The van der Waals surface area contributed by atoms with E-state index in [-0.39, 0.29) is 0 Å². The summed E-state index contributed by atoms with van der Waals surface area (Å²) in [6, 6.07) is 0.402. The summed E-state index contributed by atoms with van der Waals surface area (Å²) in [5.74, 6) is 0. The predicted octanol–water partition coefficient (Wildman–Crippen LogP) is 1.90. The van der Waals surface area contributed by atoms with Crippen molar-refractivity contribution in [2.24, 2.45) is 5.73 Å². The van der Waals surface area contributed by atoms with Crippen molar-refractivity contribution in [2.45, 2.75) is 41.3 Å². The molecule has 0 aromatic carbocycles. The molecule has 2 rings (SSSR count). The number of aromatic nitrogens is 2. The van der Waals surface area contributed by atoms with Crippen LogP contribution in [0.5, 0.6) is 0 Å². The zero-order chi connectivity index (χ0) is 9.10. The van der Waals surface area contributed by atoms with Gasteiger partial charge in [0.25, 0.3) is 0 Å². The lowest BCUT2D eigenvalue weighted by Gasteiger charge is -2.24. The van der Waals surface area contributed by atoms with Crippen molar-refractivity contribution in [1.82, 2.24) is 9.36 Å². The fourth-order valence-corrected chi connectivity index (χ4v) is 3.65. The van der Waals surface area contributed by atoms with Crippen molar-refractivity contribution in [2.75, 3.05) is 0 Å². The second-order valence-corrected chi connectivity index (χ2v) is 5.70. The summed E-state index contributed by atoms with van der Waals surface area (Å²) in [4.78, 5) is 4.16. The molecule has 5 heteroatoms. The van der Waals surface area contributed by atoms with E-state index in [4.69, 9.17) is 5.73 Å². The minimum atomic E-state index is 0.402. The largest absolute Gasteiger partial charge is 0.328 e. The van der Waals surface area contributed by atoms with Gasteiger partial charge in [-0.1, -0.05) is 18.2 Å². The van der Waals surface area contributed by atoms with Gasteiger partial charge in [0.2, 0.25) is 0 Å². The summed E-state index contributed by atoms with van der Waals surface area (Å²) in [5, 5.41) is 0.664. The summed E-state index contributed by atoms with van der Waals surface area (Å²) in [6.45, 7) is 0. The van der Waals surface area contributed by atoms with Gasteiger partial charge in [0, 0.05) is 11.3 Å². The van der Waals surface area contributed by atoms with Crippen LogP contribution in [0.3, 0.4) is 0 Å². The molecular weight excluding hydrogens is 202 g/mol. The minimum absolute atomic E-state index is 0.402. The number of hydrogen-bond acceptors (Lipinski definition) is 5. The van der Waals surface area contributed by atoms with Gasteiger partial charge in [-0.05, 0) is 30.8 Å². The third-order valence-electron chi connectivity index (χ3n) is 2.28. The van der Waals surface area contributed by atoms with Crippen LogP contribution in [0.1, 0.15) is 25.7 Å². The van der Waals surface area contributed by atoms with Crippen LogP contribution in [0.4, 0.5) is 0 Å². The van der Waals surface area contributed by atoms with Crippen LogP contribution >= 0.6 is 23.3 Å². The number of rotatable bonds is 2. The van der Waals surface area contributed by atoms with Gasteiger partial charge in [-0.3, -0.25) is 0 Å². The molecule has 1 aromatic rings. The molecule has 0 spiro atoms. The molecule has 3 nitrogen and oxygen atoms in total. The van der Waals surface area contributed by atoms with E-state index in [1.807, 2.05) is 11.8 Å². The van der Waals surface area contributed by atoms with Crippen molar-refractivity contribution in [3.63, 3.8) is 0 Å². The Morgan fingerprint density at radius 3 is 3.15 bits per heavy atom. The van der Waals surface area contributed by atoms with Gasteiger partial charge in [0.15, 0.2) is 4.34 Å². The van der Waals surface area contributed by atoms with E-state index in [0.717, 1.165) is 10.8 Å². The highest BCUT2D eigenvalue weighted by Gasteiger charge is 2.20. The Morgan fingerprint density at radius 1 is 1.54 bits per heavy atom. The van der Waals surface area contributed by atoms with E-state index < -0.39 is 0 Å². The van der Waals surface area contributed by atoms with Crippen LogP contribution in [-0.2, 0) is 0 Å². The van der Waals surface area contributed by atoms with Gasteiger partial charge >= 0.3 is 0 Å². The number of hydrogen-bond donors (Lipinski definition) is 1. The molecule has 1 saturated carbocycles. The molecule has 72 valence electrons. The maximum Gasteiger partial charge on any atom is 0.170 e. The van der Waals surface area contributed by atoms with E-state index in [1.54, 1.807) is 6.33 Å². The zero-order valence-corrected chi connectivity index (χ0v) is 8.98. The lowest BCUT2D eigenvalue weighted by Crippen LogP contribution is -2.28. The first-order valence-electron chi connectivity index (χ1n) is 4.53. The van der Waals surface area contributed by atoms with Gasteiger partial charge in [0.1, 0.15) is 6.33 Å². The summed E-state index contributed by atoms with van der Waals surface area (Å²) in [7, 11) is 0. The predicted molar refractivity (Wildman–Crippen MR) is 56.0 cm³/mol. The number of nitrogens with zero attached hydrogens (tertiary/aromatic N) is 2. The molecule has 2 N–H and O–H groups in total. The molecule has 0 bridgehead atoms. The lowest BCUT2D eigenvalue weighted by molar-refractivity contribution is 0.451. The summed E-state index contributed by atoms with van der Waals surface area (Å²) in [6.07, 6.45) is 6.47. The average Bonchev–Trinajstić information content (AvgIpc) is 2.57. The molecule has 0 aliphatic heterocycles. The minimum Gasteiger partial charge on any atom is -0.328 e. The molecular formula is C8H13N3S2. The van der Waals surface area contributed by atoms with Gasteiger partial charge in [-0.25, -0.2) is 4.98 Å². The number of thioether (sulfide) groups is 1. The van der Waals surface area contributed by atoms with Crippen molar-refractivity contribution < 1.29 is 0 Å². The van der Waals surface area contributed by atoms with E-state index in [9.17, 15) is 0 Å². The molecule has 1 aliphatic carbocycles. The van der Waals surface area contributed by atoms with Crippen LogP contribution in [0.2, 0.25) is 0 Å². The maximum atomic E-state index is 5.91. The Hall–Kier alpha value is -0.130. The smallest absolute Gasteiger partial charge is 0.170 e. The first kappa shape index (κ1) is 9.43. The third kappa shape index (κ3) is 2.65. The van der Waals surface area contributed by atoms with Crippen LogP contribution < -0.4 is 5.73 Å². The van der Waals surface area contributed by atoms with Crippen molar-refractivity contribution in [3.8, 4) is 0 Å². The van der Waals surface area contributed by atoms with Gasteiger partial charge in [0.05, 0.1) is 0 Å². The molecule has 1 fully saturated rings. The molecule has 2 unspecified atom stereocenters. The molecule has 0 saturated heterocycles. The average molecular weight is 215 g/mol. The maximum absolute atomic E-state index is 5.91. The lowest BCUT2D eigenvalue weighted by atomic mass is 9.96.